The normalized spacial score (nSPS) is 17.2. The molecule has 0 radical (unpaired) electrons. The molecule has 2 N–H and O–H groups in total. The fourth-order valence-corrected chi connectivity index (χ4v) is 3.44. The molecule has 0 atom stereocenters. The van der Waals surface area contributed by atoms with Crippen LogP contribution < -0.4 is 10.6 Å². The van der Waals surface area contributed by atoms with Gasteiger partial charge in [-0.3, -0.25) is 0 Å². The Bertz CT molecular complexity index is 349. The first-order valence-corrected chi connectivity index (χ1v) is 7.58. The molecule has 0 spiro atoms. The van der Waals surface area contributed by atoms with E-state index in [1.807, 2.05) is 11.8 Å². The average Bonchev–Trinajstić information content (AvgIpc) is 2.57. The van der Waals surface area contributed by atoms with E-state index in [0.29, 0.717) is 6.54 Å². The number of nitrogens with zero attached hydrogens (tertiary/aromatic N) is 1. The lowest BCUT2D eigenvalue weighted by Gasteiger charge is -2.25. The van der Waals surface area contributed by atoms with Gasteiger partial charge in [0.15, 0.2) is 0 Å². The lowest BCUT2D eigenvalue weighted by atomic mass is 10.1. The molecule has 0 aliphatic carbocycles. The number of thioether (sulfide) groups is 1. The molecule has 0 aromatic heterocycles. The second kappa shape index (κ2) is 5.94. The van der Waals surface area contributed by atoms with Crippen molar-refractivity contribution in [2.75, 3.05) is 29.5 Å². The van der Waals surface area contributed by atoms with Crippen LogP contribution in [-0.4, -0.2) is 24.6 Å². The van der Waals surface area contributed by atoms with Crippen molar-refractivity contribution < 1.29 is 0 Å². The maximum absolute atomic E-state index is 5.84. The zero-order valence-corrected chi connectivity index (χ0v) is 11.7. The van der Waals surface area contributed by atoms with Crippen LogP contribution in [0.1, 0.15) is 12.0 Å². The minimum atomic E-state index is 0.598. The molecular formula is C12H17BrN2S. The largest absolute Gasteiger partial charge is 0.370 e. The van der Waals surface area contributed by atoms with Crippen molar-refractivity contribution in [3.63, 3.8) is 0 Å². The van der Waals surface area contributed by atoms with Gasteiger partial charge in [-0.25, -0.2) is 0 Å². The summed E-state index contributed by atoms with van der Waals surface area (Å²) in [5.74, 6) is 2.50. The van der Waals surface area contributed by atoms with Crippen molar-refractivity contribution in [3.8, 4) is 0 Å². The Morgan fingerprint density at radius 3 is 3.00 bits per heavy atom. The van der Waals surface area contributed by atoms with Crippen molar-refractivity contribution in [1.82, 2.24) is 0 Å². The van der Waals surface area contributed by atoms with Crippen molar-refractivity contribution in [2.45, 2.75) is 13.0 Å². The molecule has 1 aromatic rings. The minimum Gasteiger partial charge on any atom is -0.370 e. The molecule has 2 nitrogen and oxygen atoms in total. The molecule has 16 heavy (non-hydrogen) atoms. The Kier molecular flexibility index (Phi) is 4.55. The Morgan fingerprint density at radius 1 is 1.31 bits per heavy atom. The van der Waals surface area contributed by atoms with Gasteiger partial charge in [0.2, 0.25) is 0 Å². The minimum absolute atomic E-state index is 0.598. The third kappa shape index (κ3) is 2.73. The van der Waals surface area contributed by atoms with Gasteiger partial charge in [-0.1, -0.05) is 22.0 Å². The number of halogens is 1. The second-order valence-corrected chi connectivity index (χ2v) is 5.97. The average molecular weight is 301 g/mol. The van der Waals surface area contributed by atoms with Crippen LogP contribution in [0.2, 0.25) is 0 Å². The van der Waals surface area contributed by atoms with Gasteiger partial charge in [-0.15, -0.1) is 0 Å². The summed E-state index contributed by atoms with van der Waals surface area (Å²) in [7, 11) is 0. The van der Waals surface area contributed by atoms with Crippen molar-refractivity contribution in [1.29, 1.82) is 0 Å². The number of benzene rings is 1. The number of rotatable bonds is 2. The summed E-state index contributed by atoms with van der Waals surface area (Å²) in [6, 6.07) is 6.35. The number of anilines is 1. The summed E-state index contributed by atoms with van der Waals surface area (Å²) < 4.78 is 1.13. The van der Waals surface area contributed by atoms with E-state index in [1.165, 1.54) is 29.2 Å². The van der Waals surface area contributed by atoms with Crippen LogP contribution in [0.15, 0.2) is 22.7 Å². The summed E-state index contributed by atoms with van der Waals surface area (Å²) >= 11 is 5.63. The van der Waals surface area contributed by atoms with E-state index < -0.39 is 0 Å². The fourth-order valence-electron chi connectivity index (χ4n) is 2.03. The van der Waals surface area contributed by atoms with Crippen LogP contribution in [0.4, 0.5) is 5.69 Å². The van der Waals surface area contributed by atoms with Crippen LogP contribution >= 0.6 is 27.7 Å². The molecule has 1 saturated heterocycles. The molecule has 4 heteroatoms. The van der Waals surface area contributed by atoms with E-state index in [-0.39, 0.29) is 0 Å². The fraction of sp³-hybridized carbons (Fsp3) is 0.500. The van der Waals surface area contributed by atoms with E-state index in [2.05, 4.69) is 39.0 Å². The van der Waals surface area contributed by atoms with E-state index >= 15 is 0 Å². The van der Waals surface area contributed by atoms with Gasteiger partial charge in [0.1, 0.15) is 0 Å². The topological polar surface area (TPSA) is 29.3 Å². The molecule has 2 rings (SSSR count). The highest BCUT2D eigenvalue weighted by molar-refractivity contribution is 9.10. The van der Waals surface area contributed by atoms with Crippen molar-refractivity contribution >= 4 is 33.4 Å². The molecule has 0 unspecified atom stereocenters. The molecule has 0 bridgehead atoms. The predicted octanol–water partition coefficient (Wildman–Crippen LogP) is 2.85. The molecule has 1 fully saturated rings. The summed E-state index contributed by atoms with van der Waals surface area (Å²) in [4.78, 5) is 2.47. The van der Waals surface area contributed by atoms with Gasteiger partial charge in [0.05, 0.1) is 0 Å². The van der Waals surface area contributed by atoms with Crippen molar-refractivity contribution in [3.05, 3.63) is 28.2 Å². The van der Waals surface area contributed by atoms with E-state index in [4.69, 9.17) is 5.73 Å². The standard InChI is InChI=1S/C12H17BrN2S/c13-11-3-1-4-12(10(11)9-14)15-5-2-7-16-8-6-15/h1,3-4H,2,5-9,14H2. The summed E-state index contributed by atoms with van der Waals surface area (Å²) in [5, 5.41) is 0. The smallest absolute Gasteiger partial charge is 0.0423 e. The SMILES string of the molecule is NCc1c(Br)cccc1N1CCCSCC1. The Labute approximate surface area is 110 Å². The van der Waals surface area contributed by atoms with E-state index in [1.54, 1.807) is 0 Å². The summed E-state index contributed by atoms with van der Waals surface area (Å²) in [5.41, 5.74) is 8.37. The maximum Gasteiger partial charge on any atom is 0.0423 e. The zero-order valence-electron chi connectivity index (χ0n) is 9.29. The highest BCUT2D eigenvalue weighted by atomic mass is 79.9. The molecule has 88 valence electrons. The molecule has 1 aromatic carbocycles. The van der Waals surface area contributed by atoms with Crippen LogP contribution in [0.3, 0.4) is 0 Å². The van der Waals surface area contributed by atoms with Gasteiger partial charge < -0.3 is 10.6 Å². The van der Waals surface area contributed by atoms with Gasteiger partial charge in [0, 0.05) is 41.1 Å². The third-order valence-electron chi connectivity index (χ3n) is 2.86. The summed E-state index contributed by atoms with van der Waals surface area (Å²) in [6.07, 6.45) is 1.27. The lowest BCUT2D eigenvalue weighted by Crippen LogP contribution is -2.27. The summed E-state index contributed by atoms with van der Waals surface area (Å²) in [6.45, 7) is 2.88. The third-order valence-corrected chi connectivity index (χ3v) is 4.65. The van der Waals surface area contributed by atoms with E-state index in [0.717, 1.165) is 17.6 Å². The lowest BCUT2D eigenvalue weighted by molar-refractivity contribution is 0.807. The van der Waals surface area contributed by atoms with Crippen molar-refractivity contribution in [2.24, 2.45) is 5.73 Å². The highest BCUT2D eigenvalue weighted by Gasteiger charge is 2.14. The Morgan fingerprint density at radius 2 is 2.19 bits per heavy atom. The number of hydrogen-bond acceptors (Lipinski definition) is 3. The quantitative estimate of drug-likeness (QED) is 0.911. The second-order valence-electron chi connectivity index (χ2n) is 3.89. The maximum atomic E-state index is 5.84. The monoisotopic (exact) mass is 300 g/mol. The zero-order chi connectivity index (χ0) is 11.4. The molecule has 1 heterocycles. The molecule has 0 saturated carbocycles. The van der Waals surface area contributed by atoms with Crippen LogP contribution in [0.25, 0.3) is 0 Å². The van der Waals surface area contributed by atoms with Crippen LogP contribution in [-0.2, 0) is 6.54 Å². The van der Waals surface area contributed by atoms with Gasteiger partial charge in [-0.05, 0) is 24.3 Å². The first kappa shape index (κ1) is 12.3. The van der Waals surface area contributed by atoms with Gasteiger partial charge in [-0.2, -0.15) is 11.8 Å². The Hall–Kier alpha value is -0.190. The Balaban J connectivity index is 2.27. The van der Waals surface area contributed by atoms with Crippen LogP contribution in [0, 0.1) is 0 Å². The molecule has 0 amide bonds. The predicted molar refractivity (Wildman–Crippen MR) is 76.2 cm³/mol. The number of hydrogen-bond donors (Lipinski definition) is 1. The first-order valence-electron chi connectivity index (χ1n) is 5.63. The van der Waals surface area contributed by atoms with Gasteiger partial charge >= 0.3 is 0 Å². The van der Waals surface area contributed by atoms with Crippen LogP contribution in [0.5, 0.6) is 0 Å². The highest BCUT2D eigenvalue weighted by Crippen LogP contribution is 2.28. The van der Waals surface area contributed by atoms with Gasteiger partial charge in [0.25, 0.3) is 0 Å². The van der Waals surface area contributed by atoms with E-state index in [9.17, 15) is 0 Å². The molecule has 1 aliphatic heterocycles. The molecule has 1 aliphatic rings. The first-order chi connectivity index (χ1) is 7.83. The number of nitrogens with two attached hydrogens (primary N) is 1. The molecular weight excluding hydrogens is 284 g/mol.